The lowest BCUT2D eigenvalue weighted by molar-refractivity contribution is 1.18. The Morgan fingerprint density at radius 2 is 0.895 bits per heavy atom. The van der Waals surface area contributed by atoms with Crippen LogP contribution in [0.1, 0.15) is 0 Å². The van der Waals surface area contributed by atoms with Gasteiger partial charge in [-0.25, -0.2) is 0 Å². The molecule has 2 heterocycles. The molecule has 3 heteroatoms. The van der Waals surface area contributed by atoms with Crippen molar-refractivity contribution in [1.82, 2.24) is 4.57 Å². The number of fused-ring (bicyclic) bond motifs is 6. The van der Waals surface area contributed by atoms with Gasteiger partial charge in [-0.2, -0.15) is 0 Å². The Kier molecular flexibility index (Phi) is 8.04. The Hall–Kier alpha value is -7.20. The van der Waals surface area contributed by atoms with Gasteiger partial charge in [0.15, 0.2) is 0 Å². The fourth-order valence-electron chi connectivity index (χ4n) is 8.48. The van der Waals surface area contributed by atoms with Gasteiger partial charge in [-0.15, -0.1) is 11.3 Å². The minimum Gasteiger partial charge on any atom is -0.310 e. The van der Waals surface area contributed by atoms with Crippen molar-refractivity contribution in [2.75, 3.05) is 4.90 Å². The molecule has 0 unspecified atom stereocenters. The van der Waals surface area contributed by atoms with E-state index in [4.69, 9.17) is 0 Å². The molecule has 0 fully saturated rings. The van der Waals surface area contributed by atoms with Gasteiger partial charge in [0.2, 0.25) is 0 Å². The molecule has 2 nitrogen and oxygen atoms in total. The van der Waals surface area contributed by atoms with Crippen LogP contribution in [0.3, 0.4) is 0 Å². The highest BCUT2D eigenvalue weighted by atomic mass is 32.1. The molecule has 0 aliphatic heterocycles. The SMILES string of the molecule is c1ccc(-c2ccc(N(c3ccc4c5ccccc5n(-c5ccc(-c6ccc7sc8ccccc8c7c6)cc5)c4c3)c3ccccc3-c3ccccc3)cc2)cc1. The summed E-state index contributed by atoms with van der Waals surface area (Å²) in [5, 5.41) is 5.11. The molecule has 0 atom stereocenters. The van der Waals surface area contributed by atoms with Crippen LogP contribution in [-0.4, -0.2) is 4.57 Å². The van der Waals surface area contributed by atoms with Gasteiger partial charge in [-0.1, -0.05) is 152 Å². The molecule has 0 saturated carbocycles. The van der Waals surface area contributed by atoms with E-state index in [1.807, 2.05) is 11.3 Å². The Bertz CT molecular complexity index is 3210. The van der Waals surface area contributed by atoms with Crippen molar-refractivity contribution in [3.63, 3.8) is 0 Å². The van der Waals surface area contributed by atoms with Gasteiger partial charge >= 0.3 is 0 Å². The zero-order chi connectivity index (χ0) is 37.7. The van der Waals surface area contributed by atoms with Crippen LogP contribution >= 0.6 is 11.3 Å². The van der Waals surface area contributed by atoms with Crippen LogP contribution in [0.5, 0.6) is 0 Å². The Labute approximate surface area is 335 Å². The van der Waals surface area contributed by atoms with E-state index in [9.17, 15) is 0 Å². The quantitative estimate of drug-likeness (QED) is 0.158. The lowest BCUT2D eigenvalue weighted by Gasteiger charge is -2.28. The second-order valence-electron chi connectivity index (χ2n) is 14.5. The summed E-state index contributed by atoms with van der Waals surface area (Å²) in [5.41, 5.74) is 14.0. The van der Waals surface area contributed by atoms with Gasteiger partial charge in [-0.3, -0.25) is 0 Å². The first-order valence-corrected chi connectivity index (χ1v) is 20.2. The highest BCUT2D eigenvalue weighted by molar-refractivity contribution is 7.25. The zero-order valence-corrected chi connectivity index (χ0v) is 31.9. The molecule has 57 heavy (non-hydrogen) atoms. The molecule has 11 aromatic rings. The van der Waals surface area contributed by atoms with Gasteiger partial charge < -0.3 is 9.47 Å². The van der Waals surface area contributed by atoms with Crippen LogP contribution in [0.15, 0.2) is 218 Å². The van der Waals surface area contributed by atoms with E-state index >= 15 is 0 Å². The summed E-state index contributed by atoms with van der Waals surface area (Å²) in [6, 6.07) is 79.4. The maximum absolute atomic E-state index is 2.42. The second-order valence-corrected chi connectivity index (χ2v) is 15.6. The number of hydrogen-bond acceptors (Lipinski definition) is 2. The van der Waals surface area contributed by atoms with Crippen molar-refractivity contribution in [3.8, 4) is 39.1 Å². The highest BCUT2D eigenvalue weighted by Gasteiger charge is 2.20. The molecule has 2 aromatic heterocycles. The van der Waals surface area contributed by atoms with Crippen molar-refractivity contribution in [3.05, 3.63) is 218 Å². The number of benzene rings is 9. The van der Waals surface area contributed by atoms with Crippen LogP contribution in [0.4, 0.5) is 17.1 Å². The van der Waals surface area contributed by atoms with Crippen LogP contribution in [0.2, 0.25) is 0 Å². The van der Waals surface area contributed by atoms with Crippen molar-refractivity contribution in [2.24, 2.45) is 0 Å². The Morgan fingerprint density at radius 1 is 0.333 bits per heavy atom. The van der Waals surface area contributed by atoms with Gasteiger partial charge in [0.05, 0.1) is 16.7 Å². The molecule has 9 aromatic carbocycles. The minimum absolute atomic E-state index is 1.09. The average Bonchev–Trinajstić information content (AvgIpc) is 3.83. The predicted molar refractivity (Wildman–Crippen MR) is 245 cm³/mol. The molecule has 0 bridgehead atoms. The third kappa shape index (κ3) is 5.80. The summed E-state index contributed by atoms with van der Waals surface area (Å²) in [6.07, 6.45) is 0. The fraction of sp³-hybridized carbons (Fsp3) is 0. The van der Waals surface area contributed by atoms with Crippen molar-refractivity contribution in [1.29, 1.82) is 0 Å². The van der Waals surface area contributed by atoms with Gasteiger partial charge in [-0.05, 0) is 94.5 Å². The number of para-hydroxylation sites is 2. The summed E-state index contributed by atoms with van der Waals surface area (Å²) in [6.45, 7) is 0. The largest absolute Gasteiger partial charge is 0.310 e. The molecule has 0 amide bonds. The minimum atomic E-state index is 1.09. The summed E-state index contributed by atoms with van der Waals surface area (Å²) < 4.78 is 5.08. The number of nitrogens with zero attached hydrogens (tertiary/aromatic N) is 2. The van der Waals surface area contributed by atoms with Gasteiger partial charge in [0, 0.05) is 53.6 Å². The Morgan fingerprint density at radius 3 is 1.70 bits per heavy atom. The zero-order valence-electron chi connectivity index (χ0n) is 31.1. The summed E-state index contributed by atoms with van der Waals surface area (Å²) in [5.74, 6) is 0. The monoisotopic (exact) mass is 744 g/mol. The number of rotatable bonds is 7. The third-order valence-electron chi connectivity index (χ3n) is 11.2. The second kappa shape index (κ2) is 13.8. The average molecular weight is 745 g/mol. The van der Waals surface area contributed by atoms with E-state index in [-0.39, 0.29) is 0 Å². The molecular weight excluding hydrogens is 709 g/mol. The van der Waals surface area contributed by atoms with Gasteiger partial charge in [0.1, 0.15) is 0 Å². The highest BCUT2D eigenvalue weighted by Crippen LogP contribution is 2.44. The van der Waals surface area contributed by atoms with Crippen LogP contribution in [0, 0.1) is 0 Å². The number of aromatic nitrogens is 1. The maximum Gasteiger partial charge on any atom is 0.0561 e. The molecule has 11 rings (SSSR count). The first-order chi connectivity index (χ1) is 28.3. The van der Waals surface area contributed by atoms with Crippen molar-refractivity contribution < 1.29 is 0 Å². The van der Waals surface area contributed by atoms with Crippen LogP contribution < -0.4 is 4.90 Å². The molecule has 0 radical (unpaired) electrons. The summed E-state index contributed by atoms with van der Waals surface area (Å²) in [7, 11) is 0. The lowest BCUT2D eigenvalue weighted by Crippen LogP contribution is -2.11. The van der Waals surface area contributed by atoms with Crippen molar-refractivity contribution in [2.45, 2.75) is 0 Å². The maximum atomic E-state index is 2.42. The molecule has 268 valence electrons. The van der Waals surface area contributed by atoms with Crippen molar-refractivity contribution >= 4 is 70.4 Å². The number of anilines is 3. The molecule has 0 aliphatic carbocycles. The standard InChI is InChI=1S/C54H36N2S/c1-3-13-37(14-4-1)38-23-28-42(29-24-38)55(50-20-10-7-17-45(50)40-15-5-2-6-16-40)44-32-33-47-46-18-8-11-21-51(46)56(52(47)36-44)43-30-25-39(26-31-43)41-27-34-54-49(35-41)48-19-9-12-22-53(48)57-54/h1-36H. The first kappa shape index (κ1) is 33.2. The third-order valence-corrected chi connectivity index (χ3v) is 12.4. The van der Waals surface area contributed by atoms with E-state index < -0.39 is 0 Å². The summed E-state index contributed by atoms with van der Waals surface area (Å²) >= 11 is 1.86. The Balaban J connectivity index is 1.06. The number of thiophene rings is 1. The first-order valence-electron chi connectivity index (χ1n) is 19.4. The van der Waals surface area contributed by atoms with E-state index in [0.717, 1.165) is 28.3 Å². The van der Waals surface area contributed by atoms with E-state index in [1.165, 1.54) is 69.8 Å². The predicted octanol–water partition coefficient (Wildman–Crippen LogP) is 15.6. The molecule has 0 saturated heterocycles. The number of hydrogen-bond donors (Lipinski definition) is 0. The normalized spacial score (nSPS) is 11.5. The topological polar surface area (TPSA) is 8.17 Å². The van der Waals surface area contributed by atoms with Crippen LogP contribution in [-0.2, 0) is 0 Å². The van der Waals surface area contributed by atoms with E-state index in [1.54, 1.807) is 0 Å². The molecular formula is C54H36N2S. The lowest BCUT2D eigenvalue weighted by atomic mass is 10.0. The molecule has 0 spiro atoms. The van der Waals surface area contributed by atoms with E-state index in [0.29, 0.717) is 0 Å². The molecule has 0 aliphatic rings. The fourth-order valence-corrected chi connectivity index (χ4v) is 9.56. The summed E-state index contributed by atoms with van der Waals surface area (Å²) in [4.78, 5) is 2.41. The van der Waals surface area contributed by atoms with E-state index in [2.05, 4.69) is 228 Å². The smallest absolute Gasteiger partial charge is 0.0561 e. The van der Waals surface area contributed by atoms with Crippen LogP contribution in [0.25, 0.3) is 81.0 Å². The van der Waals surface area contributed by atoms with Gasteiger partial charge in [0.25, 0.3) is 0 Å². The molecule has 0 N–H and O–H groups in total.